The van der Waals surface area contributed by atoms with Gasteiger partial charge in [-0.15, -0.1) is 11.3 Å². The molecule has 1 fully saturated rings. The molecule has 20 heavy (non-hydrogen) atoms. The van der Waals surface area contributed by atoms with Gasteiger partial charge in [0, 0.05) is 4.88 Å². The Labute approximate surface area is 123 Å². The second-order valence-electron chi connectivity index (χ2n) is 5.56. The number of aryl methyl sites for hydroxylation is 1. The first-order valence-electron chi connectivity index (χ1n) is 7.20. The van der Waals surface area contributed by atoms with E-state index in [9.17, 15) is 4.79 Å². The van der Waals surface area contributed by atoms with Gasteiger partial charge in [-0.2, -0.15) is 0 Å². The number of thiophene rings is 1. The van der Waals surface area contributed by atoms with Crippen LogP contribution < -0.4 is 0 Å². The third-order valence-corrected chi connectivity index (χ3v) is 5.24. The SMILES string of the molecule is C/C=C\c1sc(C2=NC3(CCCCC3)C(=O)O2)cc1C. The van der Waals surface area contributed by atoms with Crippen LogP contribution in [0.25, 0.3) is 6.08 Å². The van der Waals surface area contributed by atoms with E-state index in [4.69, 9.17) is 4.74 Å². The second-order valence-corrected chi connectivity index (χ2v) is 6.64. The largest absolute Gasteiger partial charge is 0.404 e. The van der Waals surface area contributed by atoms with Crippen LogP contribution in [0.1, 0.15) is 54.3 Å². The lowest BCUT2D eigenvalue weighted by Crippen LogP contribution is -2.35. The molecule has 4 heteroatoms. The highest BCUT2D eigenvalue weighted by atomic mass is 32.1. The van der Waals surface area contributed by atoms with Crippen molar-refractivity contribution in [1.29, 1.82) is 0 Å². The van der Waals surface area contributed by atoms with Crippen LogP contribution in [0.15, 0.2) is 17.1 Å². The standard InChI is InChI=1S/C16H19NO2S/c1-3-7-12-11(2)10-13(20-12)14-17-16(15(18)19-14)8-5-4-6-9-16/h3,7,10H,4-6,8-9H2,1-2H3/b7-3-. The highest BCUT2D eigenvalue weighted by molar-refractivity contribution is 7.15. The number of carbonyl (C=O) groups is 1. The monoisotopic (exact) mass is 289 g/mol. The van der Waals surface area contributed by atoms with Gasteiger partial charge in [0.05, 0.1) is 4.88 Å². The average molecular weight is 289 g/mol. The number of hydrogen-bond donors (Lipinski definition) is 0. The van der Waals surface area contributed by atoms with E-state index in [1.165, 1.54) is 16.9 Å². The van der Waals surface area contributed by atoms with Crippen LogP contribution in [0.3, 0.4) is 0 Å². The van der Waals surface area contributed by atoms with Crippen LogP contribution in [0.5, 0.6) is 0 Å². The van der Waals surface area contributed by atoms with Crippen molar-refractivity contribution >= 4 is 29.3 Å². The molecule has 3 nitrogen and oxygen atoms in total. The Hall–Kier alpha value is -1.42. The fraction of sp³-hybridized carbons (Fsp3) is 0.500. The Bertz CT molecular complexity index is 592. The van der Waals surface area contributed by atoms with Crippen LogP contribution in [0, 0.1) is 6.92 Å². The van der Waals surface area contributed by atoms with Gasteiger partial charge >= 0.3 is 5.97 Å². The van der Waals surface area contributed by atoms with Crippen LogP contribution >= 0.6 is 11.3 Å². The lowest BCUT2D eigenvalue weighted by molar-refractivity contribution is -0.140. The summed E-state index contributed by atoms with van der Waals surface area (Å²) in [6, 6.07) is 2.06. The van der Waals surface area contributed by atoms with Crippen molar-refractivity contribution in [2.75, 3.05) is 0 Å². The molecule has 1 spiro atoms. The third-order valence-electron chi connectivity index (χ3n) is 4.05. The molecule has 0 aromatic carbocycles. The summed E-state index contributed by atoms with van der Waals surface area (Å²) in [5.74, 6) is 0.381. The molecule has 0 radical (unpaired) electrons. The molecule has 2 heterocycles. The first-order chi connectivity index (χ1) is 9.64. The van der Waals surface area contributed by atoms with Crippen molar-refractivity contribution < 1.29 is 9.53 Å². The van der Waals surface area contributed by atoms with Gasteiger partial charge in [-0.1, -0.05) is 25.3 Å². The molecular weight excluding hydrogens is 270 g/mol. The van der Waals surface area contributed by atoms with Gasteiger partial charge < -0.3 is 4.74 Å². The molecule has 3 rings (SSSR count). The highest BCUT2D eigenvalue weighted by Gasteiger charge is 2.46. The summed E-state index contributed by atoms with van der Waals surface area (Å²) in [5.41, 5.74) is 0.623. The summed E-state index contributed by atoms with van der Waals surface area (Å²) in [7, 11) is 0. The number of hydrogen-bond acceptors (Lipinski definition) is 4. The van der Waals surface area contributed by atoms with Crippen LogP contribution in [0.4, 0.5) is 0 Å². The van der Waals surface area contributed by atoms with E-state index in [2.05, 4.69) is 24.1 Å². The molecular formula is C16H19NO2S. The normalized spacial score (nSPS) is 21.5. The lowest BCUT2D eigenvalue weighted by atomic mass is 9.83. The Kier molecular flexibility index (Phi) is 3.50. The van der Waals surface area contributed by atoms with Gasteiger partial charge in [-0.25, -0.2) is 9.79 Å². The predicted octanol–water partition coefficient (Wildman–Crippen LogP) is 4.10. The summed E-state index contributed by atoms with van der Waals surface area (Å²) in [6.07, 6.45) is 9.11. The van der Waals surface area contributed by atoms with Crippen molar-refractivity contribution in [3.63, 3.8) is 0 Å². The molecule has 1 aliphatic heterocycles. The minimum Gasteiger partial charge on any atom is -0.404 e. The fourth-order valence-corrected chi connectivity index (χ4v) is 3.99. The molecule has 0 atom stereocenters. The van der Waals surface area contributed by atoms with Gasteiger partial charge in [0.25, 0.3) is 0 Å². The van der Waals surface area contributed by atoms with E-state index >= 15 is 0 Å². The van der Waals surface area contributed by atoms with E-state index in [0.717, 1.165) is 30.6 Å². The minimum absolute atomic E-state index is 0.147. The van der Waals surface area contributed by atoms with Crippen molar-refractivity contribution in [2.24, 2.45) is 4.99 Å². The molecule has 0 amide bonds. The lowest BCUT2D eigenvalue weighted by Gasteiger charge is -2.25. The minimum atomic E-state index is -0.577. The molecule has 1 aliphatic carbocycles. The van der Waals surface area contributed by atoms with E-state index < -0.39 is 5.54 Å². The maximum atomic E-state index is 12.2. The van der Waals surface area contributed by atoms with Crippen molar-refractivity contribution in [2.45, 2.75) is 51.5 Å². The van der Waals surface area contributed by atoms with Crippen molar-refractivity contribution in [1.82, 2.24) is 0 Å². The first-order valence-corrected chi connectivity index (χ1v) is 8.02. The van der Waals surface area contributed by atoms with Crippen molar-refractivity contribution in [3.8, 4) is 0 Å². The first kappa shape index (κ1) is 13.6. The Morgan fingerprint density at radius 3 is 2.80 bits per heavy atom. The number of ether oxygens (including phenoxy) is 1. The summed E-state index contributed by atoms with van der Waals surface area (Å²) in [4.78, 5) is 19.0. The number of rotatable bonds is 2. The molecule has 0 bridgehead atoms. The van der Waals surface area contributed by atoms with E-state index in [1.807, 2.05) is 13.0 Å². The molecule has 1 aromatic heterocycles. The topological polar surface area (TPSA) is 38.7 Å². The fourth-order valence-electron chi connectivity index (χ4n) is 2.92. The van der Waals surface area contributed by atoms with E-state index in [1.54, 1.807) is 11.3 Å². The smallest absolute Gasteiger partial charge is 0.340 e. The summed E-state index contributed by atoms with van der Waals surface area (Å²) in [6.45, 7) is 4.08. The number of allylic oxidation sites excluding steroid dienone is 1. The predicted molar refractivity (Wildman–Crippen MR) is 82.2 cm³/mol. The quantitative estimate of drug-likeness (QED) is 0.769. The van der Waals surface area contributed by atoms with E-state index in [-0.39, 0.29) is 5.97 Å². The number of carbonyl (C=O) groups excluding carboxylic acids is 1. The zero-order valence-corrected chi connectivity index (χ0v) is 12.8. The van der Waals surface area contributed by atoms with E-state index in [0.29, 0.717) is 5.90 Å². The van der Waals surface area contributed by atoms with Gasteiger partial charge in [0.1, 0.15) is 0 Å². The zero-order chi connectivity index (χ0) is 14.2. The number of aliphatic imine (C=N–C) groups is 1. The third kappa shape index (κ3) is 2.22. The van der Waals surface area contributed by atoms with Gasteiger partial charge in [0.2, 0.25) is 5.90 Å². The molecule has 0 saturated heterocycles. The number of cyclic esters (lactones) is 1. The molecule has 1 aromatic rings. The van der Waals surface area contributed by atoms with Gasteiger partial charge in [-0.3, -0.25) is 0 Å². The molecule has 2 aliphatic rings. The molecule has 0 unspecified atom stereocenters. The van der Waals surface area contributed by atoms with Crippen molar-refractivity contribution in [3.05, 3.63) is 27.5 Å². The number of nitrogens with zero attached hydrogens (tertiary/aromatic N) is 1. The second kappa shape index (κ2) is 5.17. The Balaban J connectivity index is 1.93. The maximum Gasteiger partial charge on any atom is 0.340 e. The van der Waals surface area contributed by atoms with Crippen LogP contribution in [0.2, 0.25) is 0 Å². The highest BCUT2D eigenvalue weighted by Crippen LogP contribution is 2.38. The van der Waals surface area contributed by atoms with Crippen LogP contribution in [-0.2, 0) is 9.53 Å². The van der Waals surface area contributed by atoms with Gasteiger partial charge in [0.15, 0.2) is 5.54 Å². The molecule has 106 valence electrons. The van der Waals surface area contributed by atoms with Gasteiger partial charge in [-0.05, 0) is 44.4 Å². The molecule has 0 N–H and O–H groups in total. The summed E-state index contributed by atoms with van der Waals surface area (Å²) >= 11 is 1.64. The average Bonchev–Trinajstić information content (AvgIpc) is 2.94. The summed E-state index contributed by atoms with van der Waals surface area (Å²) < 4.78 is 5.48. The Morgan fingerprint density at radius 1 is 1.35 bits per heavy atom. The zero-order valence-electron chi connectivity index (χ0n) is 11.9. The molecule has 1 saturated carbocycles. The summed E-state index contributed by atoms with van der Waals surface area (Å²) in [5, 5.41) is 0. The van der Waals surface area contributed by atoms with Crippen LogP contribution in [-0.4, -0.2) is 17.4 Å². The maximum absolute atomic E-state index is 12.2. The Morgan fingerprint density at radius 2 is 2.10 bits per heavy atom. The number of esters is 1.